The van der Waals surface area contributed by atoms with Gasteiger partial charge in [-0.25, -0.2) is 4.98 Å². The van der Waals surface area contributed by atoms with Crippen LogP contribution in [0.3, 0.4) is 0 Å². The van der Waals surface area contributed by atoms with Gasteiger partial charge in [-0.15, -0.1) is 11.8 Å². The van der Waals surface area contributed by atoms with Gasteiger partial charge in [0.15, 0.2) is 0 Å². The number of fused-ring (bicyclic) bond motifs is 1. The highest BCUT2D eigenvalue weighted by atomic mass is 32.2. The topological polar surface area (TPSA) is 46.4 Å². The number of carbonyl (C=O) groups is 1. The van der Waals surface area contributed by atoms with Crippen molar-refractivity contribution < 1.29 is 4.79 Å². The zero-order valence-electron chi connectivity index (χ0n) is 12.5. The van der Waals surface area contributed by atoms with Crippen molar-refractivity contribution in [1.29, 1.82) is 0 Å². The molecular weight excluding hydrogens is 294 g/mol. The quantitative estimate of drug-likeness (QED) is 0.752. The molecule has 0 saturated heterocycles. The lowest BCUT2D eigenvalue weighted by Gasteiger charge is -2.04. The predicted molar refractivity (Wildman–Crippen MR) is 89.3 cm³/mol. The number of nitrogens with one attached hydrogen (secondary N) is 1. The molecule has 5 heteroatoms. The number of hydrogen-bond acceptors (Lipinski definition) is 3. The van der Waals surface area contributed by atoms with E-state index in [9.17, 15) is 4.79 Å². The van der Waals surface area contributed by atoms with Gasteiger partial charge in [-0.1, -0.05) is 12.1 Å². The number of benzene rings is 1. The second kappa shape index (κ2) is 6.23. The van der Waals surface area contributed by atoms with E-state index in [0.29, 0.717) is 12.2 Å². The fourth-order valence-electron chi connectivity index (χ4n) is 2.21. The van der Waals surface area contributed by atoms with E-state index >= 15 is 0 Å². The molecule has 2 aromatic heterocycles. The highest BCUT2D eigenvalue weighted by Gasteiger charge is 2.10. The summed E-state index contributed by atoms with van der Waals surface area (Å²) in [5.41, 5.74) is 3.42. The van der Waals surface area contributed by atoms with Crippen molar-refractivity contribution in [2.75, 3.05) is 6.26 Å². The van der Waals surface area contributed by atoms with Crippen LogP contribution in [0.1, 0.15) is 21.6 Å². The number of rotatable bonds is 4. The van der Waals surface area contributed by atoms with Gasteiger partial charge in [0.1, 0.15) is 11.3 Å². The lowest BCUT2D eigenvalue weighted by molar-refractivity contribution is 0.0946. The van der Waals surface area contributed by atoms with Gasteiger partial charge in [0.05, 0.1) is 0 Å². The molecule has 112 valence electrons. The van der Waals surface area contributed by atoms with Crippen molar-refractivity contribution in [3.63, 3.8) is 0 Å². The number of thioether (sulfide) groups is 1. The Morgan fingerprint density at radius 3 is 2.77 bits per heavy atom. The molecular formula is C17H17N3OS. The van der Waals surface area contributed by atoms with Gasteiger partial charge in [0.25, 0.3) is 5.91 Å². The standard InChI is InChI=1S/C17H17N3OS/c1-12-7-8-20-11-15(19-16(20)9-12)17(21)18-10-13-3-5-14(22-2)6-4-13/h3-9,11H,10H2,1-2H3,(H,18,21). The summed E-state index contributed by atoms with van der Waals surface area (Å²) in [6, 6.07) is 12.1. The average molecular weight is 311 g/mol. The minimum atomic E-state index is -0.157. The van der Waals surface area contributed by atoms with Crippen molar-refractivity contribution in [2.45, 2.75) is 18.4 Å². The molecule has 0 atom stereocenters. The van der Waals surface area contributed by atoms with Gasteiger partial charge < -0.3 is 9.72 Å². The molecule has 1 N–H and O–H groups in total. The number of aromatic nitrogens is 2. The first-order valence-corrected chi connectivity index (χ1v) is 8.24. The summed E-state index contributed by atoms with van der Waals surface area (Å²) in [7, 11) is 0. The van der Waals surface area contributed by atoms with E-state index in [1.165, 1.54) is 4.90 Å². The summed E-state index contributed by atoms with van der Waals surface area (Å²) in [5, 5.41) is 2.91. The van der Waals surface area contributed by atoms with E-state index in [0.717, 1.165) is 16.8 Å². The molecule has 22 heavy (non-hydrogen) atoms. The Morgan fingerprint density at radius 2 is 2.05 bits per heavy atom. The van der Waals surface area contributed by atoms with E-state index in [2.05, 4.69) is 22.4 Å². The minimum Gasteiger partial charge on any atom is -0.347 e. The van der Waals surface area contributed by atoms with Crippen LogP contribution >= 0.6 is 11.8 Å². The zero-order chi connectivity index (χ0) is 15.5. The molecule has 0 saturated carbocycles. The second-order valence-corrected chi connectivity index (χ2v) is 6.01. The third-order valence-electron chi connectivity index (χ3n) is 3.46. The molecule has 0 fully saturated rings. The number of hydrogen-bond donors (Lipinski definition) is 1. The van der Waals surface area contributed by atoms with Crippen LogP contribution in [0.4, 0.5) is 0 Å². The fraction of sp³-hybridized carbons (Fsp3) is 0.176. The summed E-state index contributed by atoms with van der Waals surface area (Å²) >= 11 is 1.70. The van der Waals surface area contributed by atoms with Gasteiger partial charge >= 0.3 is 0 Å². The molecule has 0 aliphatic rings. The Kier molecular flexibility index (Phi) is 4.15. The lowest BCUT2D eigenvalue weighted by atomic mass is 10.2. The van der Waals surface area contributed by atoms with Crippen LogP contribution in [0.15, 0.2) is 53.7 Å². The number of nitrogens with zero attached hydrogens (tertiary/aromatic N) is 2. The van der Waals surface area contributed by atoms with Crippen molar-refractivity contribution in [3.8, 4) is 0 Å². The van der Waals surface area contributed by atoms with Crippen LogP contribution in [-0.2, 0) is 6.54 Å². The molecule has 0 radical (unpaired) electrons. The Morgan fingerprint density at radius 1 is 1.27 bits per heavy atom. The maximum atomic E-state index is 12.2. The van der Waals surface area contributed by atoms with E-state index in [4.69, 9.17) is 0 Å². The Balaban J connectivity index is 1.69. The number of amides is 1. The van der Waals surface area contributed by atoms with Crippen LogP contribution in [0.2, 0.25) is 0 Å². The maximum absolute atomic E-state index is 12.2. The van der Waals surface area contributed by atoms with Crippen LogP contribution in [0.5, 0.6) is 0 Å². The van der Waals surface area contributed by atoms with Crippen molar-refractivity contribution in [3.05, 3.63) is 65.6 Å². The van der Waals surface area contributed by atoms with E-state index < -0.39 is 0 Å². The maximum Gasteiger partial charge on any atom is 0.271 e. The molecule has 0 aliphatic heterocycles. The molecule has 2 heterocycles. The first-order valence-electron chi connectivity index (χ1n) is 7.02. The van der Waals surface area contributed by atoms with Gasteiger partial charge in [-0.2, -0.15) is 0 Å². The third-order valence-corrected chi connectivity index (χ3v) is 4.20. The smallest absolute Gasteiger partial charge is 0.271 e. The van der Waals surface area contributed by atoms with Crippen LogP contribution in [0.25, 0.3) is 5.65 Å². The molecule has 0 aliphatic carbocycles. The largest absolute Gasteiger partial charge is 0.347 e. The number of pyridine rings is 1. The number of aryl methyl sites for hydroxylation is 1. The third kappa shape index (κ3) is 3.14. The molecule has 0 spiro atoms. The van der Waals surface area contributed by atoms with Crippen molar-refractivity contribution in [1.82, 2.24) is 14.7 Å². The predicted octanol–water partition coefficient (Wildman–Crippen LogP) is 3.29. The molecule has 1 aromatic carbocycles. The summed E-state index contributed by atoms with van der Waals surface area (Å²) in [5.74, 6) is -0.157. The molecule has 0 unspecified atom stereocenters. The first-order chi connectivity index (χ1) is 10.7. The minimum absolute atomic E-state index is 0.157. The van der Waals surface area contributed by atoms with Gasteiger partial charge in [0.2, 0.25) is 0 Å². The average Bonchev–Trinajstić information content (AvgIpc) is 2.96. The molecule has 1 amide bonds. The SMILES string of the molecule is CSc1ccc(CNC(=O)c2cn3ccc(C)cc3n2)cc1. The fourth-order valence-corrected chi connectivity index (χ4v) is 2.62. The number of imidazole rings is 1. The molecule has 4 nitrogen and oxygen atoms in total. The van der Waals surface area contributed by atoms with Gasteiger partial charge in [-0.3, -0.25) is 4.79 Å². The van der Waals surface area contributed by atoms with Crippen LogP contribution in [-0.4, -0.2) is 21.5 Å². The highest BCUT2D eigenvalue weighted by molar-refractivity contribution is 7.98. The summed E-state index contributed by atoms with van der Waals surface area (Å²) in [4.78, 5) is 17.8. The van der Waals surface area contributed by atoms with E-state index in [1.54, 1.807) is 18.0 Å². The van der Waals surface area contributed by atoms with E-state index in [1.807, 2.05) is 48.0 Å². The normalized spacial score (nSPS) is 10.8. The second-order valence-electron chi connectivity index (χ2n) is 5.13. The van der Waals surface area contributed by atoms with Crippen LogP contribution < -0.4 is 5.32 Å². The van der Waals surface area contributed by atoms with E-state index in [-0.39, 0.29) is 5.91 Å². The Bertz CT molecular complexity index is 808. The van der Waals surface area contributed by atoms with Crippen molar-refractivity contribution in [2.24, 2.45) is 0 Å². The first kappa shape index (κ1) is 14.7. The summed E-state index contributed by atoms with van der Waals surface area (Å²) < 4.78 is 1.86. The van der Waals surface area contributed by atoms with Crippen molar-refractivity contribution >= 4 is 23.3 Å². The Labute approximate surface area is 133 Å². The highest BCUT2D eigenvalue weighted by Crippen LogP contribution is 2.15. The van der Waals surface area contributed by atoms with Gasteiger partial charge in [0, 0.05) is 23.8 Å². The molecule has 0 bridgehead atoms. The molecule has 3 rings (SSSR count). The zero-order valence-corrected chi connectivity index (χ0v) is 13.4. The Hall–Kier alpha value is -2.27. The van der Waals surface area contributed by atoms with Crippen LogP contribution in [0, 0.1) is 6.92 Å². The number of carbonyl (C=O) groups excluding carboxylic acids is 1. The summed E-state index contributed by atoms with van der Waals surface area (Å²) in [6.45, 7) is 2.51. The van der Waals surface area contributed by atoms with Gasteiger partial charge in [-0.05, 0) is 48.6 Å². The summed E-state index contributed by atoms with van der Waals surface area (Å²) in [6.07, 6.45) is 5.71. The molecule has 3 aromatic rings. The lowest BCUT2D eigenvalue weighted by Crippen LogP contribution is -2.23. The monoisotopic (exact) mass is 311 g/mol.